The van der Waals surface area contributed by atoms with Crippen molar-refractivity contribution < 1.29 is 24.2 Å². The van der Waals surface area contributed by atoms with E-state index < -0.39 is 17.6 Å². The Balaban J connectivity index is 2.00. The maximum absolute atomic E-state index is 12.6. The Bertz CT molecular complexity index is 627. The van der Waals surface area contributed by atoms with Gasteiger partial charge in [-0.2, -0.15) is 0 Å². The summed E-state index contributed by atoms with van der Waals surface area (Å²) in [7, 11) is 0. The maximum Gasteiger partial charge on any atom is 0.305 e. The molecule has 1 heterocycles. The number of ether oxygens (including phenoxy) is 2. The van der Waals surface area contributed by atoms with Crippen LogP contribution in [0.1, 0.15) is 52.5 Å². The highest BCUT2D eigenvalue weighted by molar-refractivity contribution is 5.82. The van der Waals surface area contributed by atoms with Gasteiger partial charge in [-0.15, -0.1) is 0 Å². The Labute approximate surface area is 154 Å². The molecule has 1 saturated heterocycles. The summed E-state index contributed by atoms with van der Waals surface area (Å²) in [6, 6.07) is 7.69. The number of amides is 1. The zero-order valence-corrected chi connectivity index (χ0v) is 16.0. The molecule has 6 nitrogen and oxygen atoms in total. The molecular formula is C20H29NO5. The second kappa shape index (κ2) is 8.08. The fourth-order valence-electron chi connectivity index (χ4n) is 3.05. The predicted molar refractivity (Wildman–Crippen MR) is 98.4 cm³/mol. The van der Waals surface area contributed by atoms with Crippen molar-refractivity contribution >= 4 is 11.9 Å². The van der Waals surface area contributed by atoms with Crippen LogP contribution >= 0.6 is 0 Å². The Kier molecular flexibility index (Phi) is 6.29. The maximum atomic E-state index is 12.6. The van der Waals surface area contributed by atoms with Crippen LogP contribution in [0.4, 0.5) is 0 Å². The quantitative estimate of drug-likeness (QED) is 0.812. The lowest BCUT2D eigenvalue weighted by Crippen LogP contribution is -2.56. The molecule has 1 amide bonds. The summed E-state index contributed by atoms with van der Waals surface area (Å²) >= 11 is 0. The minimum atomic E-state index is -0.932. The van der Waals surface area contributed by atoms with Gasteiger partial charge >= 0.3 is 5.97 Å². The van der Waals surface area contributed by atoms with Gasteiger partial charge in [0.2, 0.25) is 0 Å². The molecule has 2 rings (SSSR count). The van der Waals surface area contributed by atoms with E-state index in [1.807, 2.05) is 24.3 Å². The van der Waals surface area contributed by atoms with Crippen LogP contribution in [-0.2, 0) is 19.7 Å². The number of nitrogens with one attached hydrogen (secondary N) is 1. The lowest BCUT2D eigenvalue weighted by Gasteiger charge is -2.37. The normalized spacial score (nSPS) is 18.0. The van der Waals surface area contributed by atoms with Crippen LogP contribution in [-0.4, -0.2) is 41.8 Å². The number of carboxylic acid groups (broad SMARTS) is 1. The number of carbonyl (C=O) groups is 2. The lowest BCUT2D eigenvalue weighted by atomic mass is 9.86. The Morgan fingerprint density at radius 2 is 1.81 bits per heavy atom. The molecule has 1 aliphatic rings. The van der Waals surface area contributed by atoms with Crippen LogP contribution in [0.3, 0.4) is 0 Å². The third kappa shape index (κ3) is 5.46. The van der Waals surface area contributed by atoms with Gasteiger partial charge in [0.05, 0.1) is 12.0 Å². The summed E-state index contributed by atoms with van der Waals surface area (Å²) in [5.74, 6) is -0.633. The Morgan fingerprint density at radius 3 is 2.31 bits per heavy atom. The second-order valence-corrected chi connectivity index (χ2v) is 7.99. The average Bonchev–Trinajstić information content (AvgIpc) is 2.54. The van der Waals surface area contributed by atoms with E-state index in [9.17, 15) is 14.7 Å². The van der Waals surface area contributed by atoms with Gasteiger partial charge in [-0.3, -0.25) is 9.59 Å². The first kappa shape index (κ1) is 20.2. The largest absolute Gasteiger partial charge is 0.481 e. The number of carboxylic acids is 1. The average molecular weight is 363 g/mol. The molecule has 1 aliphatic heterocycles. The lowest BCUT2D eigenvalue weighted by molar-refractivity contribution is -0.141. The summed E-state index contributed by atoms with van der Waals surface area (Å²) in [6.45, 7) is 8.95. The molecule has 1 aromatic rings. The van der Waals surface area contributed by atoms with Gasteiger partial charge < -0.3 is 19.9 Å². The molecule has 1 unspecified atom stereocenters. The molecule has 0 aromatic heterocycles. The zero-order chi connectivity index (χ0) is 19.4. The van der Waals surface area contributed by atoms with Crippen LogP contribution in [0.2, 0.25) is 0 Å². The number of benzene rings is 1. The standard InChI is InChI=1S/C20H29NO5/c1-14(26-16-7-5-15(6-8-16)19(2,3)4)18(24)21-20(13-17(22)23)9-11-25-12-10-20/h5-8,14H,9-13H2,1-4H3,(H,21,24)(H,22,23). The van der Waals surface area contributed by atoms with Crippen LogP contribution in [0.15, 0.2) is 24.3 Å². The van der Waals surface area contributed by atoms with E-state index >= 15 is 0 Å². The topological polar surface area (TPSA) is 84.9 Å². The molecule has 1 fully saturated rings. The second-order valence-electron chi connectivity index (χ2n) is 7.99. The van der Waals surface area contributed by atoms with E-state index in [4.69, 9.17) is 9.47 Å². The van der Waals surface area contributed by atoms with Crippen molar-refractivity contribution in [2.75, 3.05) is 13.2 Å². The van der Waals surface area contributed by atoms with Crippen LogP contribution in [0.25, 0.3) is 0 Å². The molecule has 6 heteroatoms. The third-order valence-corrected chi connectivity index (χ3v) is 4.73. The monoisotopic (exact) mass is 363 g/mol. The minimum absolute atomic E-state index is 0.0494. The van der Waals surface area contributed by atoms with Crippen molar-refractivity contribution in [2.45, 2.75) is 64.0 Å². The minimum Gasteiger partial charge on any atom is -0.481 e. The third-order valence-electron chi connectivity index (χ3n) is 4.73. The van der Waals surface area contributed by atoms with E-state index in [1.165, 1.54) is 5.56 Å². The van der Waals surface area contributed by atoms with Gasteiger partial charge in [0.1, 0.15) is 5.75 Å². The smallest absolute Gasteiger partial charge is 0.305 e. The number of hydrogen-bond acceptors (Lipinski definition) is 4. The molecular weight excluding hydrogens is 334 g/mol. The van der Waals surface area contributed by atoms with E-state index in [2.05, 4.69) is 26.1 Å². The fourth-order valence-corrected chi connectivity index (χ4v) is 3.05. The molecule has 144 valence electrons. The number of rotatable bonds is 6. The van der Waals surface area contributed by atoms with Gasteiger partial charge in [-0.1, -0.05) is 32.9 Å². The van der Waals surface area contributed by atoms with Crippen LogP contribution < -0.4 is 10.1 Å². The summed E-state index contributed by atoms with van der Waals surface area (Å²) in [6.07, 6.45) is 0.134. The summed E-state index contributed by atoms with van der Waals surface area (Å²) < 4.78 is 11.1. The Morgan fingerprint density at radius 1 is 1.23 bits per heavy atom. The van der Waals surface area contributed by atoms with E-state index in [0.717, 1.165) is 0 Å². The molecule has 1 aromatic carbocycles. The highest BCUT2D eigenvalue weighted by atomic mass is 16.5. The van der Waals surface area contributed by atoms with Crippen molar-refractivity contribution in [2.24, 2.45) is 0 Å². The van der Waals surface area contributed by atoms with E-state index in [-0.39, 0.29) is 17.7 Å². The highest BCUT2D eigenvalue weighted by Crippen LogP contribution is 2.26. The molecule has 0 aliphatic carbocycles. The van der Waals surface area contributed by atoms with Gasteiger partial charge in [0, 0.05) is 13.2 Å². The van der Waals surface area contributed by atoms with Gasteiger partial charge in [0.25, 0.3) is 5.91 Å². The van der Waals surface area contributed by atoms with Crippen LogP contribution in [0, 0.1) is 0 Å². The van der Waals surface area contributed by atoms with Gasteiger partial charge in [0.15, 0.2) is 6.10 Å². The first-order valence-corrected chi connectivity index (χ1v) is 9.00. The van der Waals surface area contributed by atoms with Gasteiger partial charge in [-0.05, 0) is 42.9 Å². The van der Waals surface area contributed by atoms with Crippen molar-refractivity contribution in [1.29, 1.82) is 0 Å². The van der Waals surface area contributed by atoms with E-state index in [1.54, 1.807) is 6.92 Å². The number of carbonyl (C=O) groups excluding carboxylic acids is 1. The molecule has 0 radical (unpaired) electrons. The number of aliphatic carboxylic acids is 1. The predicted octanol–water partition coefficient (Wildman–Crippen LogP) is 2.89. The highest BCUT2D eigenvalue weighted by Gasteiger charge is 2.37. The molecule has 0 saturated carbocycles. The van der Waals surface area contributed by atoms with Crippen molar-refractivity contribution in [1.82, 2.24) is 5.32 Å². The van der Waals surface area contributed by atoms with Crippen molar-refractivity contribution in [3.8, 4) is 5.75 Å². The summed E-state index contributed by atoms with van der Waals surface area (Å²) in [5, 5.41) is 12.1. The van der Waals surface area contributed by atoms with Crippen molar-refractivity contribution in [3.05, 3.63) is 29.8 Å². The van der Waals surface area contributed by atoms with E-state index in [0.29, 0.717) is 31.8 Å². The zero-order valence-electron chi connectivity index (χ0n) is 16.0. The first-order chi connectivity index (χ1) is 12.1. The summed E-state index contributed by atoms with van der Waals surface area (Å²) in [4.78, 5) is 23.8. The van der Waals surface area contributed by atoms with Crippen LogP contribution in [0.5, 0.6) is 5.75 Å². The molecule has 2 N–H and O–H groups in total. The summed E-state index contributed by atoms with van der Waals surface area (Å²) in [5.41, 5.74) is 0.465. The first-order valence-electron chi connectivity index (χ1n) is 9.00. The molecule has 26 heavy (non-hydrogen) atoms. The molecule has 0 bridgehead atoms. The number of hydrogen-bond donors (Lipinski definition) is 2. The van der Waals surface area contributed by atoms with Crippen molar-refractivity contribution in [3.63, 3.8) is 0 Å². The SMILES string of the molecule is CC(Oc1ccc(C(C)(C)C)cc1)C(=O)NC1(CC(=O)O)CCOCC1. The van der Waals surface area contributed by atoms with Gasteiger partial charge in [-0.25, -0.2) is 0 Å². The molecule has 1 atom stereocenters. The Hall–Kier alpha value is -2.08. The fraction of sp³-hybridized carbons (Fsp3) is 0.600. The molecule has 0 spiro atoms.